The van der Waals surface area contributed by atoms with Crippen molar-refractivity contribution in [1.29, 1.82) is 0 Å². The van der Waals surface area contributed by atoms with Crippen LogP contribution in [-0.4, -0.2) is 36.1 Å². The van der Waals surface area contributed by atoms with Crippen LogP contribution in [0.4, 0.5) is 0 Å². The second kappa shape index (κ2) is 7.13. The Balaban J connectivity index is 2.70. The fourth-order valence-electron chi connectivity index (χ4n) is 1.96. The van der Waals surface area contributed by atoms with Crippen LogP contribution in [0.25, 0.3) is 0 Å². The summed E-state index contributed by atoms with van der Waals surface area (Å²) < 4.78 is 8.23. The SMILES string of the molecule is CCNC(CCOC)Cc1c(Br)c(C)nn1C. The molecule has 1 aromatic rings. The molecule has 98 valence electrons. The van der Waals surface area contributed by atoms with Crippen LogP contribution in [0.3, 0.4) is 0 Å². The standard InChI is InChI=1S/C12H22BrN3O/c1-5-14-10(6-7-17-4)8-11-12(13)9(2)15-16(11)3/h10,14H,5-8H2,1-4H3. The summed E-state index contributed by atoms with van der Waals surface area (Å²) in [6.45, 7) is 5.91. The molecule has 1 atom stereocenters. The van der Waals surface area contributed by atoms with Crippen LogP contribution in [0, 0.1) is 6.92 Å². The summed E-state index contributed by atoms with van der Waals surface area (Å²) in [5.41, 5.74) is 2.29. The van der Waals surface area contributed by atoms with Crippen molar-refractivity contribution >= 4 is 15.9 Å². The maximum absolute atomic E-state index is 5.15. The largest absolute Gasteiger partial charge is 0.385 e. The Morgan fingerprint density at radius 3 is 2.71 bits per heavy atom. The van der Waals surface area contributed by atoms with Crippen LogP contribution in [0.15, 0.2) is 4.47 Å². The Morgan fingerprint density at radius 1 is 1.53 bits per heavy atom. The minimum absolute atomic E-state index is 0.436. The van der Waals surface area contributed by atoms with Crippen LogP contribution in [-0.2, 0) is 18.2 Å². The molecule has 0 amide bonds. The molecule has 0 saturated heterocycles. The normalized spacial score (nSPS) is 13.0. The van der Waals surface area contributed by atoms with Gasteiger partial charge in [0.25, 0.3) is 0 Å². The highest BCUT2D eigenvalue weighted by atomic mass is 79.9. The topological polar surface area (TPSA) is 39.1 Å². The van der Waals surface area contributed by atoms with E-state index in [4.69, 9.17) is 4.74 Å². The predicted octanol–water partition coefficient (Wildman–Crippen LogP) is 2.05. The molecule has 0 bridgehead atoms. The first-order valence-corrected chi connectivity index (χ1v) is 6.79. The number of aromatic nitrogens is 2. The van der Waals surface area contributed by atoms with Crippen molar-refractivity contribution in [2.75, 3.05) is 20.3 Å². The van der Waals surface area contributed by atoms with Crippen LogP contribution in [0.5, 0.6) is 0 Å². The lowest BCUT2D eigenvalue weighted by atomic mass is 10.1. The van der Waals surface area contributed by atoms with E-state index in [2.05, 4.69) is 33.3 Å². The molecule has 5 heteroatoms. The van der Waals surface area contributed by atoms with Crippen molar-refractivity contribution in [3.8, 4) is 0 Å². The fourth-order valence-corrected chi connectivity index (χ4v) is 2.46. The minimum Gasteiger partial charge on any atom is -0.385 e. The maximum Gasteiger partial charge on any atom is 0.0738 e. The minimum atomic E-state index is 0.436. The molecule has 1 rings (SSSR count). The number of halogens is 1. The van der Waals surface area contributed by atoms with Gasteiger partial charge in [-0.1, -0.05) is 6.92 Å². The first-order valence-electron chi connectivity index (χ1n) is 6.00. The van der Waals surface area contributed by atoms with Crippen molar-refractivity contribution in [1.82, 2.24) is 15.1 Å². The molecule has 17 heavy (non-hydrogen) atoms. The van der Waals surface area contributed by atoms with E-state index >= 15 is 0 Å². The van der Waals surface area contributed by atoms with Crippen LogP contribution in [0.1, 0.15) is 24.7 Å². The third-order valence-corrected chi connectivity index (χ3v) is 3.90. The van der Waals surface area contributed by atoms with Gasteiger partial charge in [-0.05, 0) is 35.8 Å². The lowest BCUT2D eigenvalue weighted by molar-refractivity contribution is 0.182. The summed E-state index contributed by atoms with van der Waals surface area (Å²) in [6, 6.07) is 0.436. The Morgan fingerprint density at radius 2 is 2.24 bits per heavy atom. The third-order valence-electron chi connectivity index (χ3n) is 2.86. The van der Waals surface area contributed by atoms with E-state index < -0.39 is 0 Å². The number of likely N-dealkylation sites (N-methyl/N-ethyl adjacent to an activating group) is 1. The van der Waals surface area contributed by atoms with Crippen LogP contribution >= 0.6 is 15.9 Å². The molecule has 0 aliphatic rings. The van der Waals surface area contributed by atoms with E-state index in [0.29, 0.717) is 6.04 Å². The Hall–Kier alpha value is -0.390. The third kappa shape index (κ3) is 4.08. The Bertz CT molecular complexity index is 352. The van der Waals surface area contributed by atoms with Gasteiger partial charge in [0.2, 0.25) is 0 Å². The van der Waals surface area contributed by atoms with E-state index in [1.54, 1.807) is 7.11 Å². The van der Waals surface area contributed by atoms with Gasteiger partial charge in [0.15, 0.2) is 0 Å². The van der Waals surface area contributed by atoms with Crippen molar-refractivity contribution < 1.29 is 4.74 Å². The molecular weight excluding hydrogens is 282 g/mol. The van der Waals surface area contributed by atoms with Gasteiger partial charge in [-0.2, -0.15) is 5.10 Å². The number of aryl methyl sites for hydroxylation is 2. The molecule has 1 heterocycles. The number of hydrogen-bond donors (Lipinski definition) is 1. The smallest absolute Gasteiger partial charge is 0.0738 e. The van der Waals surface area contributed by atoms with E-state index in [1.807, 2.05) is 18.7 Å². The van der Waals surface area contributed by atoms with Gasteiger partial charge in [-0.3, -0.25) is 4.68 Å². The maximum atomic E-state index is 5.15. The predicted molar refractivity (Wildman–Crippen MR) is 73.3 cm³/mol. The summed E-state index contributed by atoms with van der Waals surface area (Å²) in [5, 5.41) is 7.90. The summed E-state index contributed by atoms with van der Waals surface area (Å²) in [5.74, 6) is 0. The molecule has 1 unspecified atom stereocenters. The Kier molecular flexibility index (Phi) is 6.16. The molecule has 0 spiro atoms. The van der Waals surface area contributed by atoms with Crippen molar-refractivity contribution in [2.24, 2.45) is 7.05 Å². The highest BCUT2D eigenvalue weighted by Gasteiger charge is 2.15. The van der Waals surface area contributed by atoms with E-state index in [1.165, 1.54) is 5.69 Å². The zero-order chi connectivity index (χ0) is 12.8. The second-order valence-corrected chi connectivity index (χ2v) is 5.00. The molecule has 4 nitrogen and oxygen atoms in total. The van der Waals surface area contributed by atoms with E-state index in [9.17, 15) is 0 Å². The molecule has 0 radical (unpaired) electrons. The summed E-state index contributed by atoms with van der Waals surface area (Å²) in [4.78, 5) is 0. The monoisotopic (exact) mass is 303 g/mol. The van der Waals surface area contributed by atoms with Gasteiger partial charge in [-0.15, -0.1) is 0 Å². The molecule has 1 aromatic heterocycles. The molecule has 0 saturated carbocycles. The number of hydrogen-bond acceptors (Lipinski definition) is 3. The van der Waals surface area contributed by atoms with Gasteiger partial charge < -0.3 is 10.1 Å². The molecule has 0 aliphatic carbocycles. The highest BCUT2D eigenvalue weighted by molar-refractivity contribution is 9.10. The Labute approximate surface area is 112 Å². The number of rotatable bonds is 7. The number of ether oxygens (including phenoxy) is 1. The first kappa shape index (κ1) is 14.7. The van der Waals surface area contributed by atoms with Gasteiger partial charge in [0.1, 0.15) is 0 Å². The molecule has 0 aliphatic heterocycles. The van der Waals surface area contributed by atoms with Gasteiger partial charge in [0.05, 0.1) is 15.9 Å². The average molecular weight is 304 g/mol. The highest BCUT2D eigenvalue weighted by Crippen LogP contribution is 2.22. The number of nitrogens with zero attached hydrogens (tertiary/aromatic N) is 2. The first-order chi connectivity index (χ1) is 8.10. The van der Waals surface area contributed by atoms with Gasteiger partial charge >= 0.3 is 0 Å². The number of methoxy groups -OCH3 is 1. The molecule has 1 N–H and O–H groups in total. The molecule has 0 aromatic carbocycles. The quantitative estimate of drug-likeness (QED) is 0.838. The average Bonchev–Trinajstić information content (AvgIpc) is 2.53. The van der Waals surface area contributed by atoms with Crippen LogP contribution < -0.4 is 5.32 Å². The van der Waals surface area contributed by atoms with Crippen molar-refractivity contribution in [2.45, 2.75) is 32.7 Å². The van der Waals surface area contributed by atoms with Gasteiger partial charge in [-0.25, -0.2) is 0 Å². The fraction of sp³-hybridized carbons (Fsp3) is 0.750. The zero-order valence-corrected chi connectivity index (χ0v) is 12.7. The number of nitrogens with one attached hydrogen (secondary N) is 1. The molecular formula is C12H22BrN3O. The van der Waals surface area contributed by atoms with Crippen LogP contribution in [0.2, 0.25) is 0 Å². The summed E-state index contributed by atoms with van der Waals surface area (Å²) in [6.07, 6.45) is 1.98. The van der Waals surface area contributed by atoms with E-state index in [-0.39, 0.29) is 0 Å². The van der Waals surface area contributed by atoms with Crippen molar-refractivity contribution in [3.05, 3.63) is 15.9 Å². The lowest BCUT2D eigenvalue weighted by Crippen LogP contribution is -2.32. The second-order valence-electron chi connectivity index (χ2n) is 4.21. The summed E-state index contributed by atoms with van der Waals surface area (Å²) in [7, 11) is 3.74. The molecule has 0 fully saturated rings. The van der Waals surface area contributed by atoms with Crippen molar-refractivity contribution in [3.63, 3.8) is 0 Å². The summed E-state index contributed by atoms with van der Waals surface area (Å²) >= 11 is 3.61. The zero-order valence-electron chi connectivity index (χ0n) is 11.1. The van der Waals surface area contributed by atoms with Gasteiger partial charge in [0, 0.05) is 33.2 Å². The van der Waals surface area contributed by atoms with E-state index in [0.717, 1.165) is 36.2 Å². The lowest BCUT2D eigenvalue weighted by Gasteiger charge is -2.17.